The third-order valence-electron chi connectivity index (χ3n) is 2.34. The van der Waals surface area contributed by atoms with Crippen molar-refractivity contribution in [1.82, 2.24) is 0 Å². The Balaban J connectivity index is 0. The van der Waals surface area contributed by atoms with Crippen molar-refractivity contribution in [1.29, 1.82) is 0 Å². The van der Waals surface area contributed by atoms with Gasteiger partial charge < -0.3 is 9.84 Å². The molecule has 0 saturated heterocycles. The summed E-state index contributed by atoms with van der Waals surface area (Å²) < 4.78 is 35.5. The van der Waals surface area contributed by atoms with Crippen LogP contribution in [0.3, 0.4) is 0 Å². The summed E-state index contributed by atoms with van der Waals surface area (Å²) in [6.45, 7) is 7.67. The minimum atomic E-state index is -4.53. The van der Waals surface area contributed by atoms with Gasteiger partial charge in [0.25, 0.3) is 10.1 Å². The molecule has 0 aliphatic rings. The topological polar surface area (TPSA) is 118 Å². The zero-order valence-corrected chi connectivity index (χ0v) is 10.6. The van der Waals surface area contributed by atoms with Gasteiger partial charge in [-0.05, 0) is 13.8 Å². The molecule has 7 nitrogen and oxygen atoms in total. The molecule has 1 radical (unpaired) electrons. The molecule has 0 amide bonds. The number of esters is 1. The van der Waals surface area contributed by atoms with Gasteiger partial charge in [0, 0.05) is 12.0 Å². The van der Waals surface area contributed by atoms with E-state index in [1.54, 1.807) is 0 Å². The maximum atomic E-state index is 11.0. The van der Waals surface area contributed by atoms with Crippen molar-refractivity contribution >= 4 is 40.9 Å². The summed E-state index contributed by atoms with van der Waals surface area (Å²) in [5.41, 5.74) is 0. The van der Waals surface area contributed by atoms with Gasteiger partial charge in [-0.3, -0.25) is 9.35 Å². The molecule has 0 rings (SSSR count). The fraction of sp³-hybridized carbons (Fsp3) is 0.500. The summed E-state index contributed by atoms with van der Waals surface area (Å²) in [6.07, 6.45) is -0.796. The van der Waals surface area contributed by atoms with E-state index in [0.717, 1.165) is 6.08 Å². The molecule has 3 atom stereocenters. The molecular formula is C10H16LiO7S. The van der Waals surface area contributed by atoms with E-state index in [1.807, 2.05) is 0 Å². The Morgan fingerprint density at radius 3 is 2.21 bits per heavy atom. The van der Waals surface area contributed by atoms with E-state index in [4.69, 9.17) is 14.4 Å². The first kappa shape index (κ1) is 20.5. The van der Waals surface area contributed by atoms with E-state index in [1.165, 1.54) is 6.92 Å². The normalized spacial score (nSPS) is 15.5. The molecule has 0 heterocycles. The second-order valence-electron chi connectivity index (χ2n) is 3.66. The van der Waals surface area contributed by atoms with Crippen molar-refractivity contribution in [3.63, 3.8) is 0 Å². The van der Waals surface area contributed by atoms with Crippen LogP contribution in [0.5, 0.6) is 0 Å². The molecule has 9 heteroatoms. The van der Waals surface area contributed by atoms with Crippen LogP contribution in [0.15, 0.2) is 12.7 Å². The maximum absolute atomic E-state index is 11.0. The van der Waals surface area contributed by atoms with E-state index < -0.39 is 45.7 Å². The first-order valence-electron chi connectivity index (χ1n) is 4.93. The quantitative estimate of drug-likeness (QED) is 0.284. The third-order valence-corrected chi connectivity index (χ3v) is 3.46. The van der Waals surface area contributed by atoms with Crippen molar-refractivity contribution in [2.24, 2.45) is 5.92 Å². The second-order valence-corrected chi connectivity index (χ2v) is 5.30. The van der Waals surface area contributed by atoms with Gasteiger partial charge in [-0.25, -0.2) is 4.79 Å². The second kappa shape index (κ2) is 8.38. The molecule has 105 valence electrons. The van der Waals surface area contributed by atoms with E-state index in [9.17, 15) is 18.0 Å². The molecule has 0 aromatic heterocycles. The molecule has 0 aromatic rings. The number of aliphatic carboxylic acids is 1. The van der Waals surface area contributed by atoms with E-state index >= 15 is 0 Å². The number of hydrogen-bond donors (Lipinski definition) is 2. The van der Waals surface area contributed by atoms with Gasteiger partial charge in [-0.15, -0.1) is 0 Å². The Hall–Kier alpha value is -0.813. The van der Waals surface area contributed by atoms with Crippen molar-refractivity contribution in [2.75, 3.05) is 0 Å². The molecule has 0 aliphatic heterocycles. The summed E-state index contributed by atoms with van der Waals surface area (Å²) in [5.74, 6) is -3.28. The van der Waals surface area contributed by atoms with E-state index in [-0.39, 0.29) is 18.9 Å². The summed E-state index contributed by atoms with van der Waals surface area (Å²) in [5, 5.41) is 7.06. The summed E-state index contributed by atoms with van der Waals surface area (Å²) in [6, 6.07) is 0. The van der Waals surface area contributed by atoms with Gasteiger partial charge in [0.05, 0.1) is 11.7 Å². The van der Waals surface area contributed by atoms with Crippen LogP contribution in [0.25, 0.3) is 0 Å². The Labute approximate surface area is 123 Å². The van der Waals surface area contributed by atoms with Gasteiger partial charge in [0.2, 0.25) is 0 Å². The van der Waals surface area contributed by atoms with E-state index in [0.29, 0.717) is 0 Å². The third kappa shape index (κ3) is 7.37. The number of rotatable bonds is 7. The van der Waals surface area contributed by atoms with E-state index in [2.05, 4.69) is 13.5 Å². The SMILES string of the molecule is [CH2]C(C(CC(=O)O)C(C)OC(=O)C=C)S(=O)(=O)O.[LiH]. The van der Waals surface area contributed by atoms with Crippen LogP contribution in [0, 0.1) is 12.8 Å². The van der Waals surface area contributed by atoms with Gasteiger partial charge in [0.1, 0.15) is 6.10 Å². The number of carbonyl (C=O) groups is 2. The van der Waals surface area contributed by atoms with Crippen molar-refractivity contribution in [3.8, 4) is 0 Å². The average molecular weight is 287 g/mol. The van der Waals surface area contributed by atoms with Crippen molar-refractivity contribution < 1.29 is 32.4 Å². The number of carbonyl (C=O) groups excluding carboxylic acids is 1. The molecule has 0 fully saturated rings. The molecule has 0 aromatic carbocycles. The molecule has 2 N–H and O–H groups in total. The van der Waals surface area contributed by atoms with Crippen LogP contribution in [0.1, 0.15) is 13.3 Å². The van der Waals surface area contributed by atoms with Gasteiger partial charge in [0.15, 0.2) is 0 Å². The van der Waals surface area contributed by atoms with Crippen LogP contribution < -0.4 is 0 Å². The minimum absolute atomic E-state index is 0. The predicted octanol–water partition coefficient (Wildman–Crippen LogP) is -0.363. The van der Waals surface area contributed by atoms with Crippen molar-refractivity contribution in [2.45, 2.75) is 24.7 Å². The molecule has 0 spiro atoms. The molecule has 19 heavy (non-hydrogen) atoms. The Morgan fingerprint density at radius 2 is 1.89 bits per heavy atom. The molecule has 0 saturated carbocycles. The monoisotopic (exact) mass is 287 g/mol. The fourth-order valence-electron chi connectivity index (χ4n) is 1.34. The first-order chi connectivity index (χ1) is 8.09. The Kier molecular flexibility index (Phi) is 9.04. The van der Waals surface area contributed by atoms with Crippen molar-refractivity contribution in [3.05, 3.63) is 19.6 Å². The van der Waals surface area contributed by atoms with Crippen LogP contribution in [-0.2, 0) is 24.4 Å². The number of carboxylic acid groups (broad SMARTS) is 1. The number of ether oxygens (including phenoxy) is 1. The molecule has 0 bridgehead atoms. The fourth-order valence-corrected chi connectivity index (χ4v) is 2.10. The van der Waals surface area contributed by atoms with Gasteiger partial charge >= 0.3 is 30.8 Å². The zero-order chi connectivity index (χ0) is 14.5. The summed E-state index contributed by atoms with van der Waals surface area (Å²) in [7, 11) is -4.53. The Bertz CT molecular complexity index is 431. The number of hydrogen-bond acceptors (Lipinski definition) is 5. The predicted molar refractivity (Wildman–Crippen MR) is 69.3 cm³/mol. The van der Waals surface area contributed by atoms with Crippen LogP contribution in [0.2, 0.25) is 0 Å². The average Bonchev–Trinajstić information content (AvgIpc) is 2.22. The molecule has 0 aliphatic carbocycles. The van der Waals surface area contributed by atoms with Crippen LogP contribution in [-0.4, -0.2) is 60.2 Å². The summed E-state index contributed by atoms with van der Waals surface area (Å²) in [4.78, 5) is 21.6. The first-order valence-corrected chi connectivity index (χ1v) is 6.44. The van der Waals surface area contributed by atoms with Crippen LogP contribution >= 0.6 is 0 Å². The van der Waals surface area contributed by atoms with Gasteiger partial charge in [-0.2, -0.15) is 8.42 Å². The summed E-state index contributed by atoms with van der Waals surface area (Å²) >= 11 is 0. The number of carboxylic acids is 1. The molecule has 3 unspecified atom stereocenters. The standard InChI is InChI=1S/C10H15O7S.Li.H/c1-4-10(13)17-6(2)8(5-9(11)12)7(3)18(14,15)16;;/h4,6-8H,1,3,5H2,2H3,(H,11,12)(H,14,15,16);;. The molecular weight excluding hydrogens is 271 g/mol. The van der Waals surface area contributed by atoms with Gasteiger partial charge in [-0.1, -0.05) is 6.58 Å². The van der Waals surface area contributed by atoms with Crippen LogP contribution in [0.4, 0.5) is 0 Å². The zero-order valence-electron chi connectivity index (χ0n) is 9.77. The Morgan fingerprint density at radius 1 is 1.42 bits per heavy atom.